The van der Waals surface area contributed by atoms with E-state index in [1.165, 1.54) is 0 Å². The molecule has 19 heavy (non-hydrogen) atoms. The summed E-state index contributed by atoms with van der Waals surface area (Å²) in [5.41, 5.74) is 2.36. The summed E-state index contributed by atoms with van der Waals surface area (Å²) in [6, 6.07) is 0.131. The standard InChI is InChI=1S/C7H7F3N2O5S2/c8-7(9,10)3-1-4(11)6(19(15,16)17)2-5(3)18(12,13)14/h1-2H,11H2,(H2,12,13,14)(H,15,16,17). The van der Waals surface area contributed by atoms with Crippen molar-refractivity contribution < 1.29 is 34.6 Å². The van der Waals surface area contributed by atoms with Crippen LogP contribution in [0.4, 0.5) is 18.9 Å². The average molecular weight is 320 g/mol. The molecule has 0 aliphatic rings. The molecule has 0 bridgehead atoms. The fourth-order valence-electron chi connectivity index (χ4n) is 1.26. The Balaban J connectivity index is 3.87. The Morgan fingerprint density at radius 1 is 1.05 bits per heavy atom. The van der Waals surface area contributed by atoms with Gasteiger partial charge in [0.2, 0.25) is 10.0 Å². The second-order valence-corrected chi connectivity index (χ2v) is 6.32. The summed E-state index contributed by atoms with van der Waals surface area (Å²) in [6.07, 6.45) is -5.12. The van der Waals surface area contributed by atoms with E-state index in [9.17, 15) is 30.0 Å². The second kappa shape index (κ2) is 4.33. The molecule has 108 valence electrons. The van der Waals surface area contributed by atoms with Gasteiger partial charge in [0.25, 0.3) is 10.1 Å². The third kappa shape index (κ3) is 3.34. The lowest BCUT2D eigenvalue weighted by Crippen LogP contribution is -2.20. The van der Waals surface area contributed by atoms with Crippen molar-refractivity contribution in [3.05, 3.63) is 17.7 Å². The third-order valence-electron chi connectivity index (χ3n) is 2.00. The van der Waals surface area contributed by atoms with Crippen LogP contribution in [0.1, 0.15) is 5.56 Å². The molecule has 0 aliphatic carbocycles. The SMILES string of the molecule is Nc1cc(C(F)(F)F)c(S(N)(=O)=O)cc1S(=O)(=O)O. The van der Waals surface area contributed by atoms with Crippen LogP contribution in [-0.2, 0) is 26.3 Å². The maximum atomic E-state index is 12.6. The average Bonchev–Trinajstić information content (AvgIpc) is 2.11. The molecule has 0 aromatic heterocycles. The van der Waals surface area contributed by atoms with E-state index in [1.807, 2.05) is 0 Å². The van der Waals surface area contributed by atoms with Crippen LogP contribution >= 0.6 is 0 Å². The van der Waals surface area contributed by atoms with Crippen LogP contribution in [0.15, 0.2) is 21.9 Å². The normalized spacial score (nSPS) is 13.5. The van der Waals surface area contributed by atoms with E-state index in [0.29, 0.717) is 0 Å². The summed E-state index contributed by atoms with van der Waals surface area (Å²) in [6.45, 7) is 0. The highest BCUT2D eigenvalue weighted by Gasteiger charge is 2.38. The number of hydrogen-bond acceptors (Lipinski definition) is 5. The Hall–Kier alpha value is -1.37. The quantitative estimate of drug-likeness (QED) is 0.524. The Kier molecular flexibility index (Phi) is 3.58. The maximum Gasteiger partial charge on any atom is 0.417 e. The van der Waals surface area contributed by atoms with Gasteiger partial charge in [0.15, 0.2) is 0 Å². The van der Waals surface area contributed by atoms with Crippen molar-refractivity contribution in [2.24, 2.45) is 5.14 Å². The van der Waals surface area contributed by atoms with Gasteiger partial charge in [-0.15, -0.1) is 0 Å². The molecule has 1 aromatic rings. The molecule has 0 unspecified atom stereocenters. The fourth-order valence-corrected chi connectivity index (χ4v) is 2.72. The minimum absolute atomic E-state index is 0.0584. The van der Waals surface area contributed by atoms with Gasteiger partial charge in [-0.3, -0.25) is 4.55 Å². The van der Waals surface area contributed by atoms with E-state index < -0.39 is 47.4 Å². The van der Waals surface area contributed by atoms with E-state index >= 15 is 0 Å². The smallest absolute Gasteiger partial charge is 0.398 e. The van der Waals surface area contributed by atoms with E-state index in [1.54, 1.807) is 0 Å². The van der Waals surface area contributed by atoms with Gasteiger partial charge in [0, 0.05) is 0 Å². The lowest BCUT2D eigenvalue weighted by molar-refractivity contribution is -0.139. The number of rotatable bonds is 2. The molecule has 1 rings (SSSR count). The fraction of sp³-hybridized carbons (Fsp3) is 0.143. The molecule has 12 heteroatoms. The monoisotopic (exact) mass is 320 g/mol. The number of primary sulfonamides is 1. The van der Waals surface area contributed by atoms with Gasteiger partial charge in [0.05, 0.1) is 16.1 Å². The summed E-state index contributed by atoms with van der Waals surface area (Å²) in [4.78, 5) is -2.67. The van der Waals surface area contributed by atoms with Crippen molar-refractivity contribution in [2.75, 3.05) is 5.73 Å². The Morgan fingerprint density at radius 2 is 1.53 bits per heavy atom. The number of anilines is 1. The first-order chi connectivity index (χ1) is 8.24. The van der Waals surface area contributed by atoms with Gasteiger partial charge in [-0.2, -0.15) is 21.6 Å². The topological polar surface area (TPSA) is 141 Å². The zero-order valence-electron chi connectivity index (χ0n) is 8.84. The highest BCUT2D eigenvalue weighted by Crippen LogP contribution is 2.37. The Bertz CT molecular complexity index is 724. The van der Waals surface area contributed by atoms with Crippen LogP contribution in [0.25, 0.3) is 0 Å². The number of alkyl halides is 3. The van der Waals surface area contributed by atoms with E-state index in [2.05, 4.69) is 5.14 Å². The summed E-state index contributed by atoms with van der Waals surface area (Å²) in [5.74, 6) is 0. The Labute approximate surface area is 105 Å². The number of sulfonamides is 1. The van der Waals surface area contributed by atoms with Crippen molar-refractivity contribution in [3.63, 3.8) is 0 Å². The summed E-state index contributed by atoms with van der Waals surface area (Å²) in [5, 5.41) is 4.57. The van der Waals surface area contributed by atoms with E-state index in [0.717, 1.165) is 0 Å². The molecule has 1 aromatic carbocycles. The van der Waals surface area contributed by atoms with Gasteiger partial charge in [-0.05, 0) is 12.1 Å². The lowest BCUT2D eigenvalue weighted by Gasteiger charge is -2.14. The van der Waals surface area contributed by atoms with Crippen LogP contribution in [0.2, 0.25) is 0 Å². The molecular weight excluding hydrogens is 313 g/mol. The van der Waals surface area contributed by atoms with Crippen LogP contribution in [0, 0.1) is 0 Å². The number of benzene rings is 1. The van der Waals surface area contributed by atoms with Crippen LogP contribution in [0.5, 0.6) is 0 Å². The molecule has 0 saturated heterocycles. The van der Waals surface area contributed by atoms with Gasteiger partial charge < -0.3 is 5.73 Å². The molecule has 0 amide bonds. The number of nitrogens with two attached hydrogens (primary N) is 2. The minimum atomic E-state index is -5.12. The summed E-state index contributed by atoms with van der Waals surface area (Å²) in [7, 11) is -9.86. The molecule has 0 spiro atoms. The summed E-state index contributed by atoms with van der Waals surface area (Å²) >= 11 is 0. The first-order valence-electron chi connectivity index (χ1n) is 4.25. The zero-order valence-corrected chi connectivity index (χ0v) is 10.5. The molecule has 5 N–H and O–H groups in total. The van der Waals surface area contributed by atoms with Crippen molar-refractivity contribution >= 4 is 25.8 Å². The van der Waals surface area contributed by atoms with Crippen molar-refractivity contribution in [2.45, 2.75) is 16.0 Å². The molecule has 0 saturated carbocycles. The first kappa shape index (κ1) is 15.7. The van der Waals surface area contributed by atoms with Gasteiger partial charge >= 0.3 is 6.18 Å². The molecule has 7 nitrogen and oxygen atoms in total. The van der Waals surface area contributed by atoms with Crippen LogP contribution in [-0.4, -0.2) is 21.4 Å². The molecule has 0 aliphatic heterocycles. The maximum absolute atomic E-state index is 12.6. The second-order valence-electron chi connectivity index (χ2n) is 3.40. The van der Waals surface area contributed by atoms with Gasteiger partial charge in [-0.1, -0.05) is 0 Å². The number of nitrogen functional groups attached to an aromatic ring is 1. The Morgan fingerprint density at radius 3 is 1.84 bits per heavy atom. The van der Waals surface area contributed by atoms with Gasteiger partial charge in [0.1, 0.15) is 4.90 Å². The number of hydrogen-bond donors (Lipinski definition) is 3. The molecule has 0 fully saturated rings. The third-order valence-corrected chi connectivity index (χ3v) is 3.86. The van der Waals surface area contributed by atoms with Crippen LogP contribution < -0.4 is 10.9 Å². The van der Waals surface area contributed by atoms with Crippen molar-refractivity contribution in [1.82, 2.24) is 0 Å². The largest absolute Gasteiger partial charge is 0.417 e. The zero-order chi connectivity index (χ0) is 15.2. The minimum Gasteiger partial charge on any atom is -0.398 e. The molecule has 0 radical (unpaired) electrons. The van der Waals surface area contributed by atoms with Gasteiger partial charge in [-0.25, -0.2) is 13.6 Å². The molecule has 0 atom stereocenters. The van der Waals surface area contributed by atoms with Crippen molar-refractivity contribution in [3.8, 4) is 0 Å². The van der Waals surface area contributed by atoms with E-state index in [4.69, 9.17) is 10.3 Å². The number of halogens is 3. The predicted molar refractivity (Wildman–Crippen MR) is 57.0 cm³/mol. The predicted octanol–water partition coefficient (Wildman–Crippen LogP) is 0.182. The van der Waals surface area contributed by atoms with Crippen LogP contribution in [0.3, 0.4) is 0 Å². The lowest BCUT2D eigenvalue weighted by atomic mass is 10.2. The molecular formula is C7H7F3N2O5S2. The first-order valence-corrected chi connectivity index (χ1v) is 7.24. The highest BCUT2D eigenvalue weighted by atomic mass is 32.2. The highest BCUT2D eigenvalue weighted by molar-refractivity contribution is 7.89. The molecule has 0 heterocycles. The summed E-state index contributed by atoms with van der Waals surface area (Å²) < 4.78 is 90.3. The van der Waals surface area contributed by atoms with Crippen molar-refractivity contribution in [1.29, 1.82) is 0 Å². The van der Waals surface area contributed by atoms with E-state index in [-0.39, 0.29) is 12.1 Å².